The number of anilines is 2. The normalized spacial score (nSPS) is 21.8. The zero-order chi connectivity index (χ0) is 13.1. The molecule has 1 aromatic heterocycles. The molecule has 0 aromatic carbocycles. The summed E-state index contributed by atoms with van der Waals surface area (Å²) in [6.07, 6.45) is 12.5. The quantitative estimate of drug-likeness (QED) is 0.897. The van der Waals surface area contributed by atoms with Gasteiger partial charge in [-0.3, -0.25) is 4.98 Å². The Morgan fingerprint density at radius 2 is 1.89 bits per heavy atom. The monoisotopic (exact) mass is 259 g/mol. The van der Waals surface area contributed by atoms with E-state index < -0.39 is 0 Å². The lowest BCUT2D eigenvalue weighted by atomic mass is 9.77. The van der Waals surface area contributed by atoms with Crippen molar-refractivity contribution < 1.29 is 0 Å². The first-order chi connectivity index (χ1) is 9.31. The van der Waals surface area contributed by atoms with Gasteiger partial charge < -0.3 is 10.2 Å². The zero-order valence-electron chi connectivity index (χ0n) is 12.0. The summed E-state index contributed by atoms with van der Waals surface area (Å²) in [6, 6.07) is 2.24. The van der Waals surface area contributed by atoms with Crippen LogP contribution in [0.5, 0.6) is 0 Å². The third-order valence-corrected chi connectivity index (χ3v) is 4.96. The molecule has 2 heterocycles. The molecule has 1 saturated heterocycles. The average molecular weight is 259 g/mol. The summed E-state index contributed by atoms with van der Waals surface area (Å²) < 4.78 is 0. The van der Waals surface area contributed by atoms with E-state index in [0.29, 0.717) is 5.41 Å². The molecule has 0 amide bonds. The van der Waals surface area contributed by atoms with E-state index in [-0.39, 0.29) is 0 Å². The Bertz CT molecular complexity index is 414. The topological polar surface area (TPSA) is 28.2 Å². The van der Waals surface area contributed by atoms with Gasteiger partial charge in [-0.2, -0.15) is 0 Å². The highest BCUT2D eigenvalue weighted by Gasteiger charge is 2.36. The van der Waals surface area contributed by atoms with Gasteiger partial charge in [-0.25, -0.2) is 0 Å². The molecule has 104 valence electrons. The molecule has 3 nitrogen and oxygen atoms in total. The average Bonchev–Trinajstić information content (AvgIpc) is 2.89. The van der Waals surface area contributed by atoms with E-state index in [1.54, 1.807) is 0 Å². The minimum absolute atomic E-state index is 0.698. The van der Waals surface area contributed by atoms with Gasteiger partial charge in [0.25, 0.3) is 0 Å². The van der Waals surface area contributed by atoms with E-state index in [2.05, 4.69) is 28.2 Å². The third-order valence-electron chi connectivity index (χ3n) is 4.96. The Balaban J connectivity index is 1.66. The van der Waals surface area contributed by atoms with Gasteiger partial charge >= 0.3 is 0 Å². The molecule has 0 radical (unpaired) electrons. The summed E-state index contributed by atoms with van der Waals surface area (Å²) in [5, 5.41) is 3.35. The van der Waals surface area contributed by atoms with Crippen molar-refractivity contribution in [3.8, 4) is 0 Å². The van der Waals surface area contributed by atoms with Crippen molar-refractivity contribution in [1.82, 2.24) is 4.98 Å². The van der Waals surface area contributed by atoms with Crippen LogP contribution in [0, 0.1) is 5.41 Å². The SMILES string of the molecule is CCNc1cncc(N2CCC3(CCCC3)CC2)c1. The molecule has 3 heteroatoms. The number of hydrogen-bond acceptors (Lipinski definition) is 3. The first-order valence-electron chi connectivity index (χ1n) is 7.75. The van der Waals surface area contributed by atoms with Crippen molar-refractivity contribution >= 4 is 11.4 Å². The van der Waals surface area contributed by atoms with Crippen molar-refractivity contribution in [2.75, 3.05) is 29.9 Å². The van der Waals surface area contributed by atoms with Crippen LogP contribution >= 0.6 is 0 Å². The number of rotatable bonds is 3. The van der Waals surface area contributed by atoms with Crippen LogP contribution in [-0.4, -0.2) is 24.6 Å². The maximum Gasteiger partial charge on any atom is 0.0573 e. The highest BCUT2D eigenvalue weighted by Crippen LogP contribution is 2.46. The molecule has 19 heavy (non-hydrogen) atoms. The van der Waals surface area contributed by atoms with Crippen molar-refractivity contribution in [3.63, 3.8) is 0 Å². The van der Waals surface area contributed by atoms with Crippen LogP contribution in [0.4, 0.5) is 11.4 Å². The highest BCUT2D eigenvalue weighted by molar-refractivity contribution is 5.55. The van der Waals surface area contributed by atoms with Crippen LogP contribution in [0.15, 0.2) is 18.5 Å². The molecular formula is C16H25N3. The molecule has 1 aromatic rings. The molecule has 2 aliphatic rings. The summed E-state index contributed by atoms with van der Waals surface area (Å²) in [5.74, 6) is 0. The fourth-order valence-electron chi connectivity index (χ4n) is 3.77. The predicted molar refractivity (Wildman–Crippen MR) is 80.7 cm³/mol. The van der Waals surface area contributed by atoms with E-state index in [4.69, 9.17) is 0 Å². The molecule has 0 unspecified atom stereocenters. The molecule has 2 fully saturated rings. The second-order valence-corrected chi connectivity index (χ2v) is 6.16. The van der Waals surface area contributed by atoms with Crippen LogP contribution < -0.4 is 10.2 Å². The van der Waals surface area contributed by atoms with E-state index >= 15 is 0 Å². The Labute approximate surface area is 116 Å². The van der Waals surface area contributed by atoms with Gasteiger partial charge in [0.1, 0.15) is 0 Å². The summed E-state index contributed by atoms with van der Waals surface area (Å²) >= 11 is 0. The van der Waals surface area contributed by atoms with Crippen LogP contribution in [-0.2, 0) is 0 Å². The maximum absolute atomic E-state index is 4.36. The highest BCUT2D eigenvalue weighted by atomic mass is 15.1. The zero-order valence-corrected chi connectivity index (χ0v) is 12.0. The molecule has 1 N–H and O–H groups in total. The van der Waals surface area contributed by atoms with Crippen LogP contribution in [0.3, 0.4) is 0 Å². The van der Waals surface area contributed by atoms with E-state index in [1.165, 1.54) is 57.3 Å². The van der Waals surface area contributed by atoms with Crippen molar-refractivity contribution in [2.24, 2.45) is 5.41 Å². The van der Waals surface area contributed by atoms with Crippen LogP contribution in [0.1, 0.15) is 45.4 Å². The number of pyridine rings is 1. The summed E-state index contributed by atoms with van der Waals surface area (Å²) in [6.45, 7) is 5.49. The fourth-order valence-corrected chi connectivity index (χ4v) is 3.77. The second kappa shape index (κ2) is 5.40. The van der Waals surface area contributed by atoms with Gasteiger partial charge in [0.05, 0.1) is 23.8 Å². The lowest BCUT2D eigenvalue weighted by Crippen LogP contribution is -2.38. The first kappa shape index (κ1) is 12.8. The first-order valence-corrected chi connectivity index (χ1v) is 7.75. The fraction of sp³-hybridized carbons (Fsp3) is 0.688. The van der Waals surface area contributed by atoms with Gasteiger partial charge in [-0.1, -0.05) is 12.8 Å². The number of aromatic nitrogens is 1. The summed E-state index contributed by atoms with van der Waals surface area (Å²) in [5.41, 5.74) is 3.12. The molecular weight excluding hydrogens is 234 g/mol. The number of nitrogens with one attached hydrogen (secondary N) is 1. The minimum atomic E-state index is 0.698. The van der Waals surface area contributed by atoms with Gasteiger partial charge in [-0.05, 0) is 44.1 Å². The minimum Gasteiger partial charge on any atom is -0.384 e. The van der Waals surface area contributed by atoms with Gasteiger partial charge in [0, 0.05) is 19.6 Å². The Kier molecular flexibility index (Phi) is 3.63. The van der Waals surface area contributed by atoms with Crippen molar-refractivity contribution in [1.29, 1.82) is 0 Å². The standard InChI is InChI=1S/C16H25N3/c1-2-18-14-11-15(13-17-12-14)19-9-7-16(8-10-19)5-3-4-6-16/h11-13,18H,2-10H2,1H3. The Morgan fingerprint density at radius 1 is 1.16 bits per heavy atom. The predicted octanol–water partition coefficient (Wildman–Crippen LogP) is 3.67. The second-order valence-electron chi connectivity index (χ2n) is 6.16. The summed E-state index contributed by atoms with van der Waals surface area (Å²) in [4.78, 5) is 6.87. The third kappa shape index (κ3) is 2.70. The molecule has 1 saturated carbocycles. The Morgan fingerprint density at radius 3 is 2.58 bits per heavy atom. The number of hydrogen-bond donors (Lipinski definition) is 1. The van der Waals surface area contributed by atoms with Crippen LogP contribution in [0.25, 0.3) is 0 Å². The van der Waals surface area contributed by atoms with Gasteiger partial charge in [0.15, 0.2) is 0 Å². The van der Waals surface area contributed by atoms with E-state index in [1.807, 2.05) is 12.4 Å². The largest absolute Gasteiger partial charge is 0.384 e. The lowest BCUT2D eigenvalue weighted by Gasteiger charge is -2.40. The molecule has 0 bridgehead atoms. The van der Waals surface area contributed by atoms with Crippen molar-refractivity contribution in [3.05, 3.63) is 18.5 Å². The smallest absolute Gasteiger partial charge is 0.0573 e. The lowest BCUT2D eigenvalue weighted by molar-refractivity contribution is 0.226. The maximum atomic E-state index is 4.36. The van der Waals surface area contributed by atoms with Crippen molar-refractivity contribution in [2.45, 2.75) is 45.4 Å². The van der Waals surface area contributed by atoms with Crippen LogP contribution in [0.2, 0.25) is 0 Å². The molecule has 1 aliphatic carbocycles. The number of piperidine rings is 1. The number of nitrogens with zero attached hydrogens (tertiary/aromatic N) is 2. The molecule has 3 rings (SSSR count). The van der Waals surface area contributed by atoms with Gasteiger partial charge in [0.2, 0.25) is 0 Å². The van der Waals surface area contributed by atoms with Gasteiger partial charge in [-0.15, -0.1) is 0 Å². The Hall–Kier alpha value is -1.25. The summed E-state index contributed by atoms with van der Waals surface area (Å²) in [7, 11) is 0. The van der Waals surface area contributed by atoms with E-state index in [9.17, 15) is 0 Å². The molecule has 1 spiro atoms. The van der Waals surface area contributed by atoms with E-state index in [0.717, 1.165) is 12.2 Å². The molecule has 1 aliphatic heterocycles. The molecule has 0 atom stereocenters.